The summed E-state index contributed by atoms with van der Waals surface area (Å²) in [4.78, 5) is 10.8. The third kappa shape index (κ3) is 2.57. The van der Waals surface area contributed by atoms with Gasteiger partial charge in [0.25, 0.3) is 5.70 Å². The maximum Gasteiger partial charge on any atom is 0.251 e. The van der Waals surface area contributed by atoms with Crippen LogP contribution in [0.5, 0.6) is 0 Å². The van der Waals surface area contributed by atoms with Gasteiger partial charge in [-0.2, -0.15) is 0 Å². The Bertz CT molecular complexity index is 783. The zero-order chi connectivity index (χ0) is 15.7. The number of benzene rings is 1. The molecule has 0 amide bonds. The number of nitro groups is 1. The molecule has 1 aromatic carbocycles. The molecule has 116 valence electrons. The fourth-order valence-electron chi connectivity index (χ4n) is 2.83. The molecule has 1 aliphatic carbocycles. The second-order valence-corrected chi connectivity index (χ2v) is 5.84. The van der Waals surface area contributed by atoms with Gasteiger partial charge in [-0.15, -0.1) is 0 Å². The minimum Gasteiger partial charge on any atom is -0.479 e. The molecule has 0 aromatic heterocycles. The van der Waals surface area contributed by atoms with Crippen LogP contribution in [0.4, 0.5) is 0 Å². The van der Waals surface area contributed by atoms with Gasteiger partial charge in [-0.1, -0.05) is 24.9 Å². The second kappa shape index (κ2) is 6.01. The Kier molecular flexibility index (Phi) is 4.07. The van der Waals surface area contributed by atoms with E-state index < -0.39 is 0 Å². The van der Waals surface area contributed by atoms with Gasteiger partial charge in [0.2, 0.25) is 0 Å². The number of nitrogens with zero attached hydrogens (tertiary/aromatic N) is 1. The average molecular weight is 321 g/mol. The number of ether oxygens (including phenoxy) is 1. The quantitative estimate of drug-likeness (QED) is 0.509. The third-order valence-electron chi connectivity index (χ3n) is 3.94. The Balaban J connectivity index is 2.17. The maximum absolute atomic E-state index is 11.1. The van der Waals surface area contributed by atoms with Gasteiger partial charge in [0, 0.05) is 22.9 Å². The molecule has 1 heterocycles. The van der Waals surface area contributed by atoms with Gasteiger partial charge in [-0.05, 0) is 34.9 Å². The Hall–Kier alpha value is -2.01. The number of hydrogen-bond donors (Lipinski definition) is 1. The van der Waals surface area contributed by atoms with Gasteiger partial charge in [0.1, 0.15) is 0 Å². The monoisotopic (exact) mass is 320 g/mol. The molecule has 0 fully saturated rings. The first-order chi connectivity index (χ1) is 10.6. The van der Waals surface area contributed by atoms with Crippen molar-refractivity contribution < 1.29 is 9.66 Å². The topological polar surface area (TPSA) is 64.4 Å². The van der Waals surface area contributed by atoms with Crippen molar-refractivity contribution in [3.05, 3.63) is 55.0 Å². The van der Waals surface area contributed by atoms with E-state index in [1.54, 1.807) is 12.1 Å². The molecule has 2 aliphatic rings. The lowest BCUT2D eigenvalue weighted by molar-refractivity contribution is -0.427. The molecule has 1 aromatic rings. The number of rotatable bonds is 5. The highest BCUT2D eigenvalue weighted by atomic mass is 35.5. The van der Waals surface area contributed by atoms with E-state index in [4.69, 9.17) is 16.3 Å². The van der Waals surface area contributed by atoms with E-state index >= 15 is 0 Å². The Morgan fingerprint density at radius 2 is 2.27 bits per heavy atom. The molecule has 22 heavy (non-hydrogen) atoms. The second-order valence-electron chi connectivity index (χ2n) is 5.43. The predicted octanol–water partition coefficient (Wildman–Crippen LogP) is 1.69. The van der Waals surface area contributed by atoms with Crippen LogP contribution in [0.3, 0.4) is 0 Å². The summed E-state index contributed by atoms with van der Waals surface area (Å²) in [5.74, 6) is 0.739. The van der Waals surface area contributed by atoms with Gasteiger partial charge < -0.3 is 10.1 Å². The van der Waals surface area contributed by atoms with Crippen molar-refractivity contribution in [2.45, 2.75) is 26.2 Å². The molecular formula is C16H17ClN2O3. The van der Waals surface area contributed by atoms with Crippen LogP contribution >= 0.6 is 11.6 Å². The van der Waals surface area contributed by atoms with E-state index in [1.807, 2.05) is 6.07 Å². The van der Waals surface area contributed by atoms with Crippen LogP contribution in [0.1, 0.15) is 25.3 Å². The summed E-state index contributed by atoms with van der Waals surface area (Å²) >= 11 is 6.27. The van der Waals surface area contributed by atoms with Crippen molar-refractivity contribution in [2.24, 2.45) is 0 Å². The first-order valence-electron chi connectivity index (χ1n) is 7.38. The van der Waals surface area contributed by atoms with Crippen molar-refractivity contribution in [1.82, 2.24) is 5.32 Å². The fraction of sp³-hybridized carbons (Fsp3) is 0.375. The molecule has 3 rings (SSSR count). The first kappa shape index (κ1) is 14.9. The van der Waals surface area contributed by atoms with Gasteiger partial charge in [0.05, 0.1) is 18.0 Å². The van der Waals surface area contributed by atoms with E-state index in [1.165, 1.54) is 0 Å². The number of nitrogens with one attached hydrogen (secondary N) is 1. The maximum atomic E-state index is 11.1. The molecule has 6 heteroatoms. The molecular weight excluding hydrogens is 304 g/mol. The Labute approximate surface area is 133 Å². The number of hydrogen-bond acceptors (Lipinski definition) is 4. The SMILES string of the molecule is CCCCOC1=c2ccc(Cl)c3c2=C(C=C([N+](=O)[O-])C3)CN1. The van der Waals surface area contributed by atoms with Crippen LogP contribution in [0.15, 0.2) is 23.9 Å². The summed E-state index contributed by atoms with van der Waals surface area (Å²) in [6, 6.07) is 3.70. The first-order valence-corrected chi connectivity index (χ1v) is 7.76. The lowest BCUT2D eigenvalue weighted by atomic mass is 9.93. The van der Waals surface area contributed by atoms with Gasteiger partial charge in [-0.3, -0.25) is 10.1 Å². The average Bonchev–Trinajstić information content (AvgIpc) is 2.51. The largest absolute Gasteiger partial charge is 0.479 e. The van der Waals surface area contributed by atoms with E-state index in [0.717, 1.165) is 40.3 Å². The summed E-state index contributed by atoms with van der Waals surface area (Å²) in [5, 5.41) is 16.8. The zero-order valence-electron chi connectivity index (χ0n) is 12.3. The van der Waals surface area contributed by atoms with Gasteiger partial charge in [-0.25, -0.2) is 0 Å². The molecule has 0 spiro atoms. The lowest BCUT2D eigenvalue weighted by Crippen LogP contribution is -2.44. The summed E-state index contributed by atoms with van der Waals surface area (Å²) in [6.45, 7) is 3.28. The summed E-state index contributed by atoms with van der Waals surface area (Å²) in [5.41, 5.74) is 1.90. The Morgan fingerprint density at radius 1 is 1.45 bits per heavy atom. The van der Waals surface area contributed by atoms with Crippen molar-refractivity contribution >= 4 is 23.1 Å². The lowest BCUT2D eigenvalue weighted by Gasteiger charge is -2.22. The zero-order valence-corrected chi connectivity index (χ0v) is 13.1. The fourth-order valence-corrected chi connectivity index (χ4v) is 3.06. The van der Waals surface area contributed by atoms with Crippen LogP contribution in [0.25, 0.3) is 11.5 Å². The minimum atomic E-state index is -0.337. The van der Waals surface area contributed by atoms with Gasteiger partial charge in [0.15, 0.2) is 5.88 Å². The van der Waals surface area contributed by atoms with Crippen molar-refractivity contribution in [1.29, 1.82) is 0 Å². The minimum absolute atomic E-state index is 0.179. The summed E-state index contributed by atoms with van der Waals surface area (Å²) < 4.78 is 5.83. The van der Waals surface area contributed by atoms with Crippen LogP contribution in [-0.4, -0.2) is 18.1 Å². The Morgan fingerprint density at radius 3 is 3.00 bits per heavy atom. The highest BCUT2D eigenvalue weighted by Crippen LogP contribution is 2.21. The number of halogens is 1. The highest BCUT2D eigenvalue weighted by molar-refractivity contribution is 6.31. The van der Waals surface area contributed by atoms with Crippen molar-refractivity contribution in [3.8, 4) is 0 Å². The standard InChI is InChI=1S/C16H17ClN2O3/c1-2-3-6-22-16-12-4-5-14(17)13-8-11(19(20)21)7-10(9-18-16)15(12)13/h4-5,7,18H,2-3,6,8-9H2,1H3. The highest BCUT2D eigenvalue weighted by Gasteiger charge is 2.25. The summed E-state index contributed by atoms with van der Waals surface area (Å²) in [7, 11) is 0. The predicted molar refractivity (Wildman–Crippen MR) is 85.2 cm³/mol. The van der Waals surface area contributed by atoms with Crippen LogP contribution in [0, 0.1) is 10.1 Å². The van der Waals surface area contributed by atoms with E-state index in [9.17, 15) is 10.1 Å². The third-order valence-corrected chi connectivity index (χ3v) is 4.29. The van der Waals surface area contributed by atoms with Crippen LogP contribution in [0.2, 0.25) is 5.02 Å². The van der Waals surface area contributed by atoms with Crippen LogP contribution in [-0.2, 0) is 11.2 Å². The van der Waals surface area contributed by atoms with Gasteiger partial charge >= 0.3 is 0 Å². The van der Waals surface area contributed by atoms with Crippen molar-refractivity contribution in [2.75, 3.05) is 13.2 Å². The molecule has 0 unspecified atom stereocenters. The molecule has 0 atom stereocenters. The molecule has 0 bridgehead atoms. The molecule has 1 N–H and O–H groups in total. The van der Waals surface area contributed by atoms with E-state index in [2.05, 4.69) is 12.2 Å². The number of unbranched alkanes of at least 4 members (excludes halogenated alkanes) is 1. The van der Waals surface area contributed by atoms with E-state index in [-0.39, 0.29) is 17.0 Å². The van der Waals surface area contributed by atoms with Crippen molar-refractivity contribution in [3.63, 3.8) is 0 Å². The smallest absolute Gasteiger partial charge is 0.251 e. The summed E-state index contributed by atoms with van der Waals surface area (Å²) in [6.07, 6.45) is 3.96. The normalized spacial score (nSPS) is 15.8. The molecule has 0 saturated carbocycles. The van der Waals surface area contributed by atoms with E-state index in [0.29, 0.717) is 18.2 Å². The number of allylic oxidation sites excluding steroid dienone is 1. The molecule has 0 radical (unpaired) electrons. The van der Waals surface area contributed by atoms with Crippen LogP contribution < -0.4 is 15.8 Å². The molecule has 0 saturated heterocycles. The molecule has 1 aliphatic heterocycles. The molecule has 5 nitrogen and oxygen atoms in total.